The molecule has 5 heteroatoms. The van der Waals surface area contributed by atoms with Crippen LogP contribution in [0.2, 0.25) is 0 Å². The molecule has 1 aromatic heterocycles. The van der Waals surface area contributed by atoms with Crippen molar-refractivity contribution < 1.29 is 14.0 Å². The number of carbonyl (C=O) groups is 2. The third kappa shape index (κ3) is 6.08. The average molecular weight is 405 g/mol. The highest BCUT2D eigenvalue weighted by molar-refractivity contribution is 5.96. The van der Waals surface area contributed by atoms with Crippen molar-refractivity contribution in [2.24, 2.45) is 0 Å². The Labute approximate surface area is 177 Å². The molecule has 2 aromatic carbocycles. The fourth-order valence-corrected chi connectivity index (χ4v) is 3.34. The first-order chi connectivity index (χ1) is 14.7. The van der Waals surface area contributed by atoms with Crippen LogP contribution < -0.4 is 0 Å². The molecule has 0 aliphatic heterocycles. The zero-order valence-corrected chi connectivity index (χ0v) is 17.4. The van der Waals surface area contributed by atoms with Crippen molar-refractivity contribution in [1.82, 2.24) is 9.80 Å². The van der Waals surface area contributed by atoms with Gasteiger partial charge in [-0.3, -0.25) is 9.59 Å². The van der Waals surface area contributed by atoms with Gasteiger partial charge < -0.3 is 14.2 Å². The van der Waals surface area contributed by atoms with Crippen LogP contribution in [0.3, 0.4) is 0 Å². The minimum absolute atomic E-state index is 0.0526. The number of carbonyl (C=O) groups excluding carboxylic acids is 2. The molecule has 5 nitrogen and oxygen atoms in total. The second-order valence-corrected chi connectivity index (χ2v) is 7.22. The molecule has 0 aliphatic rings. The summed E-state index contributed by atoms with van der Waals surface area (Å²) in [6, 6.07) is 22.9. The lowest BCUT2D eigenvalue weighted by Gasteiger charge is -2.27. The van der Waals surface area contributed by atoms with Crippen LogP contribution in [0.5, 0.6) is 0 Å². The molecule has 0 saturated heterocycles. The molecule has 0 saturated carbocycles. The lowest BCUT2D eigenvalue weighted by molar-refractivity contribution is -0.132. The summed E-state index contributed by atoms with van der Waals surface area (Å²) in [6.07, 6.45) is 3.14. The van der Waals surface area contributed by atoms with Crippen LogP contribution in [0.4, 0.5) is 0 Å². The smallest absolute Gasteiger partial charge is 0.254 e. The second-order valence-electron chi connectivity index (χ2n) is 7.22. The van der Waals surface area contributed by atoms with Gasteiger partial charge in [0.05, 0.1) is 12.8 Å². The van der Waals surface area contributed by atoms with Crippen molar-refractivity contribution in [3.05, 3.63) is 95.9 Å². The standard InChI is InChI=1S/C25H28N2O3/c1-2-16-27(25(29)22-12-7-4-8-13-22)20-24(28)26(19-23-14-9-18-30-23)17-15-21-10-5-3-6-11-21/h3-14,18H,2,15-17,19-20H2,1H3. The molecule has 0 atom stereocenters. The summed E-state index contributed by atoms with van der Waals surface area (Å²) >= 11 is 0. The summed E-state index contributed by atoms with van der Waals surface area (Å²) in [5.41, 5.74) is 1.76. The summed E-state index contributed by atoms with van der Waals surface area (Å²) in [7, 11) is 0. The van der Waals surface area contributed by atoms with E-state index in [-0.39, 0.29) is 18.4 Å². The van der Waals surface area contributed by atoms with E-state index in [1.165, 1.54) is 5.56 Å². The largest absolute Gasteiger partial charge is 0.467 e. The Morgan fingerprint density at radius 1 is 0.833 bits per heavy atom. The van der Waals surface area contributed by atoms with E-state index in [0.29, 0.717) is 25.2 Å². The molecule has 0 fully saturated rings. The van der Waals surface area contributed by atoms with E-state index in [4.69, 9.17) is 4.42 Å². The van der Waals surface area contributed by atoms with Crippen LogP contribution in [-0.2, 0) is 17.8 Å². The zero-order chi connectivity index (χ0) is 21.2. The van der Waals surface area contributed by atoms with Crippen LogP contribution in [0.15, 0.2) is 83.5 Å². The Balaban J connectivity index is 1.71. The van der Waals surface area contributed by atoms with E-state index in [0.717, 1.165) is 18.6 Å². The predicted octanol–water partition coefficient (Wildman–Crippen LogP) is 4.40. The van der Waals surface area contributed by atoms with Gasteiger partial charge in [-0.15, -0.1) is 0 Å². The lowest BCUT2D eigenvalue weighted by Crippen LogP contribution is -2.43. The lowest BCUT2D eigenvalue weighted by atomic mass is 10.1. The number of nitrogens with zero attached hydrogens (tertiary/aromatic N) is 2. The van der Waals surface area contributed by atoms with Crippen LogP contribution in [0.1, 0.15) is 35.0 Å². The number of furan rings is 1. The highest BCUT2D eigenvalue weighted by atomic mass is 16.3. The summed E-state index contributed by atoms with van der Waals surface area (Å²) in [4.78, 5) is 29.5. The maximum Gasteiger partial charge on any atom is 0.254 e. The monoisotopic (exact) mass is 404 g/mol. The highest BCUT2D eigenvalue weighted by Gasteiger charge is 2.22. The molecular formula is C25H28N2O3. The molecule has 0 radical (unpaired) electrons. The van der Waals surface area contributed by atoms with Crippen molar-refractivity contribution in [3.63, 3.8) is 0 Å². The third-order valence-electron chi connectivity index (χ3n) is 4.92. The SMILES string of the molecule is CCCN(CC(=O)N(CCc1ccccc1)Cc1ccco1)C(=O)c1ccccc1. The molecule has 2 amide bonds. The molecule has 0 aliphatic carbocycles. The van der Waals surface area contributed by atoms with Gasteiger partial charge in [-0.1, -0.05) is 55.5 Å². The van der Waals surface area contributed by atoms with Gasteiger partial charge in [-0.2, -0.15) is 0 Å². The normalized spacial score (nSPS) is 10.6. The van der Waals surface area contributed by atoms with Gasteiger partial charge >= 0.3 is 0 Å². The Hall–Kier alpha value is -3.34. The molecule has 0 bridgehead atoms. The van der Waals surface area contributed by atoms with Crippen molar-refractivity contribution in [2.75, 3.05) is 19.6 Å². The number of benzene rings is 2. The van der Waals surface area contributed by atoms with Crippen LogP contribution in [0, 0.1) is 0 Å². The molecule has 3 aromatic rings. The molecule has 30 heavy (non-hydrogen) atoms. The first kappa shape index (κ1) is 21.4. The predicted molar refractivity (Wildman–Crippen MR) is 117 cm³/mol. The Morgan fingerprint density at radius 3 is 2.17 bits per heavy atom. The maximum atomic E-state index is 13.2. The van der Waals surface area contributed by atoms with Gasteiger partial charge in [0.15, 0.2) is 0 Å². The van der Waals surface area contributed by atoms with Crippen LogP contribution >= 0.6 is 0 Å². The van der Waals surface area contributed by atoms with Gasteiger partial charge in [0.2, 0.25) is 5.91 Å². The molecule has 1 heterocycles. The van der Waals surface area contributed by atoms with Gasteiger partial charge in [0, 0.05) is 18.7 Å². The summed E-state index contributed by atoms with van der Waals surface area (Å²) in [5, 5.41) is 0. The van der Waals surface area contributed by atoms with E-state index < -0.39 is 0 Å². The third-order valence-corrected chi connectivity index (χ3v) is 4.92. The van der Waals surface area contributed by atoms with E-state index >= 15 is 0 Å². The zero-order valence-electron chi connectivity index (χ0n) is 17.4. The van der Waals surface area contributed by atoms with Gasteiger partial charge in [-0.25, -0.2) is 0 Å². The van der Waals surface area contributed by atoms with Crippen LogP contribution in [0.25, 0.3) is 0 Å². The van der Waals surface area contributed by atoms with Crippen LogP contribution in [-0.4, -0.2) is 41.2 Å². The van der Waals surface area contributed by atoms with Crippen molar-refractivity contribution in [2.45, 2.75) is 26.3 Å². The average Bonchev–Trinajstić information content (AvgIpc) is 3.30. The Morgan fingerprint density at radius 2 is 1.53 bits per heavy atom. The maximum absolute atomic E-state index is 13.2. The van der Waals surface area contributed by atoms with E-state index in [9.17, 15) is 9.59 Å². The van der Waals surface area contributed by atoms with E-state index in [1.807, 2.05) is 55.5 Å². The topological polar surface area (TPSA) is 53.8 Å². The van der Waals surface area contributed by atoms with Crippen molar-refractivity contribution >= 4 is 11.8 Å². The number of amides is 2. The summed E-state index contributed by atoms with van der Waals surface area (Å²) < 4.78 is 5.46. The minimum atomic E-state index is -0.119. The summed E-state index contributed by atoms with van der Waals surface area (Å²) in [6.45, 7) is 3.54. The Bertz CT molecular complexity index is 908. The van der Waals surface area contributed by atoms with Crippen molar-refractivity contribution in [1.29, 1.82) is 0 Å². The molecular weight excluding hydrogens is 376 g/mol. The highest BCUT2D eigenvalue weighted by Crippen LogP contribution is 2.11. The molecule has 156 valence electrons. The first-order valence-electron chi connectivity index (χ1n) is 10.4. The first-order valence-corrected chi connectivity index (χ1v) is 10.4. The van der Waals surface area contributed by atoms with E-state index in [1.54, 1.807) is 28.2 Å². The number of hydrogen-bond acceptors (Lipinski definition) is 3. The summed E-state index contributed by atoms with van der Waals surface area (Å²) in [5.74, 6) is 0.528. The van der Waals surface area contributed by atoms with E-state index in [2.05, 4.69) is 12.1 Å². The minimum Gasteiger partial charge on any atom is -0.467 e. The number of rotatable bonds is 10. The molecule has 0 N–H and O–H groups in total. The molecule has 0 spiro atoms. The van der Waals surface area contributed by atoms with Gasteiger partial charge in [0.1, 0.15) is 12.3 Å². The fraction of sp³-hybridized carbons (Fsp3) is 0.280. The van der Waals surface area contributed by atoms with Crippen molar-refractivity contribution in [3.8, 4) is 0 Å². The van der Waals surface area contributed by atoms with Gasteiger partial charge in [0.25, 0.3) is 5.91 Å². The quantitative estimate of drug-likeness (QED) is 0.503. The molecule has 3 rings (SSSR count). The molecule has 0 unspecified atom stereocenters. The fourth-order valence-electron chi connectivity index (χ4n) is 3.34. The number of hydrogen-bond donors (Lipinski definition) is 0. The Kier molecular flexibility index (Phi) is 7.84. The van der Waals surface area contributed by atoms with Gasteiger partial charge in [-0.05, 0) is 42.7 Å². The second kappa shape index (κ2) is 11.0.